The van der Waals surface area contributed by atoms with Crippen molar-refractivity contribution >= 4 is 0 Å². The van der Waals surface area contributed by atoms with Crippen molar-refractivity contribution < 1.29 is 5.11 Å². The summed E-state index contributed by atoms with van der Waals surface area (Å²) in [7, 11) is 0. The second-order valence-electron chi connectivity index (χ2n) is 3.20. The van der Waals surface area contributed by atoms with Gasteiger partial charge in [-0.15, -0.1) is 0 Å². The van der Waals surface area contributed by atoms with Crippen LogP contribution >= 0.6 is 0 Å². The normalized spacial score (nSPS) is 12.1. The Morgan fingerprint density at radius 1 is 1.38 bits per heavy atom. The lowest BCUT2D eigenvalue weighted by molar-refractivity contribution is 0.185. The Balaban J connectivity index is 2.55. The van der Waals surface area contributed by atoms with Crippen LogP contribution in [0.2, 0.25) is 0 Å². The Morgan fingerprint density at radius 2 is 2.00 bits per heavy atom. The number of nitrogens with zero attached hydrogens (tertiary/aromatic N) is 1. The topological polar surface area (TPSA) is 44.0 Å². The largest absolute Gasteiger partial charge is 0.393 e. The van der Waals surface area contributed by atoms with Crippen molar-refractivity contribution in [1.29, 1.82) is 5.26 Å². The van der Waals surface area contributed by atoms with E-state index in [0.29, 0.717) is 5.56 Å². The Labute approximate surface area is 78.4 Å². The number of aliphatic hydroxyl groups excluding tert-OH is 1. The number of rotatable bonds is 3. The monoisotopic (exact) mass is 175 g/mol. The first-order valence-corrected chi connectivity index (χ1v) is 4.39. The second kappa shape index (κ2) is 4.64. The van der Waals surface area contributed by atoms with Crippen molar-refractivity contribution in [3.05, 3.63) is 35.4 Å². The third-order valence-electron chi connectivity index (χ3n) is 1.93. The van der Waals surface area contributed by atoms with Crippen molar-refractivity contribution in [3.8, 4) is 6.07 Å². The van der Waals surface area contributed by atoms with Crippen LogP contribution in [-0.2, 0) is 6.42 Å². The van der Waals surface area contributed by atoms with Gasteiger partial charge in [0, 0.05) is 0 Å². The maximum atomic E-state index is 9.06. The summed E-state index contributed by atoms with van der Waals surface area (Å²) in [4.78, 5) is 0. The third kappa shape index (κ3) is 3.27. The summed E-state index contributed by atoms with van der Waals surface area (Å²) >= 11 is 0. The minimum atomic E-state index is -0.254. The molecule has 2 heteroatoms. The van der Waals surface area contributed by atoms with Gasteiger partial charge in [-0.25, -0.2) is 0 Å². The fourth-order valence-electron chi connectivity index (χ4n) is 1.12. The summed E-state index contributed by atoms with van der Waals surface area (Å²) in [5.41, 5.74) is 1.85. The molecule has 68 valence electrons. The maximum absolute atomic E-state index is 9.06. The third-order valence-corrected chi connectivity index (χ3v) is 1.93. The smallest absolute Gasteiger partial charge is 0.0991 e. The highest BCUT2D eigenvalue weighted by Gasteiger charge is 1.97. The maximum Gasteiger partial charge on any atom is 0.0991 e. The van der Waals surface area contributed by atoms with Crippen molar-refractivity contribution in [2.75, 3.05) is 0 Å². The zero-order valence-corrected chi connectivity index (χ0v) is 7.70. The van der Waals surface area contributed by atoms with E-state index in [1.807, 2.05) is 12.1 Å². The molecule has 1 N–H and O–H groups in total. The summed E-state index contributed by atoms with van der Waals surface area (Å²) in [6.07, 6.45) is 1.38. The number of aryl methyl sites for hydroxylation is 1. The van der Waals surface area contributed by atoms with Gasteiger partial charge in [-0.05, 0) is 37.5 Å². The van der Waals surface area contributed by atoms with Crippen LogP contribution in [0.25, 0.3) is 0 Å². The van der Waals surface area contributed by atoms with Gasteiger partial charge in [0.2, 0.25) is 0 Å². The Morgan fingerprint density at radius 3 is 2.46 bits per heavy atom. The van der Waals surface area contributed by atoms with Crippen molar-refractivity contribution in [2.45, 2.75) is 25.9 Å². The molecule has 1 aromatic carbocycles. The first-order chi connectivity index (χ1) is 6.22. The highest BCUT2D eigenvalue weighted by Crippen LogP contribution is 2.07. The van der Waals surface area contributed by atoms with Gasteiger partial charge in [-0.3, -0.25) is 0 Å². The van der Waals surface area contributed by atoms with Gasteiger partial charge in [-0.2, -0.15) is 5.26 Å². The molecule has 0 unspecified atom stereocenters. The Bertz CT molecular complexity index is 295. The zero-order valence-electron chi connectivity index (χ0n) is 7.70. The molecule has 0 heterocycles. The van der Waals surface area contributed by atoms with Gasteiger partial charge >= 0.3 is 0 Å². The van der Waals surface area contributed by atoms with Crippen molar-refractivity contribution in [1.82, 2.24) is 0 Å². The number of aliphatic hydroxyl groups is 1. The van der Waals surface area contributed by atoms with Gasteiger partial charge in [-0.1, -0.05) is 12.1 Å². The minimum Gasteiger partial charge on any atom is -0.393 e. The lowest BCUT2D eigenvalue weighted by Gasteiger charge is -2.03. The van der Waals surface area contributed by atoms with Crippen LogP contribution in [0.15, 0.2) is 24.3 Å². The summed E-state index contributed by atoms with van der Waals surface area (Å²) in [5, 5.41) is 17.6. The summed E-state index contributed by atoms with van der Waals surface area (Å²) in [6, 6.07) is 9.54. The van der Waals surface area contributed by atoms with Crippen LogP contribution in [0, 0.1) is 11.3 Å². The van der Waals surface area contributed by atoms with Crippen LogP contribution < -0.4 is 0 Å². The average Bonchev–Trinajstić information content (AvgIpc) is 2.15. The Hall–Kier alpha value is -1.33. The Kier molecular flexibility index (Phi) is 3.48. The predicted molar refractivity (Wildman–Crippen MR) is 51.2 cm³/mol. The van der Waals surface area contributed by atoms with Gasteiger partial charge in [0.15, 0.2) is 0 Å². The van der Waals surface area contributed by atoms with Crippen LogP contribution in [0.3, 0.4) is 0 Å². The molecule has 13 heavy (non-hydrogen) atoms. The SMILES string of the molecule is C[C@@H](O)CCc1ccc(C#N)cc1. The van der Waals surface area contributed by atoms with E-state index in [2.05, 4.69) is 6.07 Å². The number of hydrogen-bond acceptors (Lipinski definition) is 2. The minimum absolute atomic E-state index is 0.254. The van der Waals surface area contributed by atoms with E-state index >= 15 is 0 Å². The lowest BCUT2D eigenvalue weighted by atomic mass is 10.1. The molecule has 1 atom stereocenters. The summed E-state index contributed by atoms with van der Waals surface area (Å²) in [5.74, 6) is 0. The van der Waals surface area contributed by atoms with E-state index in [9.17, 15) is 0 Å². The molecule has 0 aliphatic heterocycles. The molecule has 0 saturated heterocycles. The zero-order chi connectivity index (χ0) is 9.68. The predicted octanol–water partition coefficient (Wildman–Crippen LogP) is 1.87. The highest BCUT2D eigenvalue weighted by atomic mass is 16.3. The standard InChI is InChI=1S/C11H13NO/c1-9(13)2-3-10-4-6-11(8-12)7-5-10/h4-7,9,13H,2-3H2,1H3/t9-/m1/s1. The number of hydrogen-bond donors (Lipinski definition) is 1. The molecule has 0 aliphatic rings. The molecular formula is C11H13NO. The van der Waals surface area contributed by atoms with Gasteiger partial charge in [0.25, 0.3) is 0 Å². The summed E-state index contributed by atoms with van der Waals surface area (Å²) < 4.78 is 0. The van der Waals surface area contributed by atoms with E-state index < -0.39 is 0 Å². The quantitative estimate of drug-likeness (QED) is 0.762. The van der Waals surface area contributed by atoms with Crippen LogP contribution in [-0.4, -0.2) is 11.2 Å². The van der Waals surface area contributed by atoms with E-state index in [1.165, 1.54) is 5.56 Å². The van der Waals surface area contributed by atoms with E-state index in [-0.39, 0.29) is 6.10 Å². The molecule has 0 bridgehead atoms. The fraction of sp³-hybridized carbons (Fsp3) is 0.364. The molecule has 0 aromatic heterocycles. The summed E-state index contributed by atoms with van der Waals surface area (Å²) in [6.45, 7) is 1.78. The fourth-order valence-corrected chi connectivity index (χ4v) is 1.12. The second-order valence-corrected chi connectivity index (χ2v) is 3.20. The number of benzene rings is 1. The van der Waals surface area contributed by atoms with E-state index in [1.54, 1.807) is 19.1 Å². The van der Waals surface area contributed by atoms with Crippen LogP contribution in [0.4, 0.5) is 0 Å². The van der Waals surface area contributed by atoms with E-state index in [0.717, 1.165) is 12.8 Å². The molecule has 0 spiro atoms. The van der Waals surface area contributed by atoms with E-state index in [4.69, 9.17) is 10.4 Å². The molecule has 0 saturated carbocycles. The molecule has 0 aliphatic carbocycles. The highest BCUT2D eigenvalue weighted by molar-refractivity contribution is 5.31. The van der Waals surface area contributed by atoms with Gasteiger partial charge in [0.1, 0.15) is 0 Å². The first-order valence-electron chi connectivity index (χ1n) is 4.39. The molecule has 0 amide bonds. The molecule has 0 fully saturated rings. The number of nitriles is 1. The first kappa shape index (κ1) is 9.76. The van der Waals surface area contributed by atoms with Gasteiger partial charge in [0.05, 0.1) is 17.7 Å². The molecular weight excluding hydrogens is 162 g/mol. The molecule has 1 rings (SSSR count). The lowest BCUT2D eigenvalue weighted by Crippen LogP contribution is -2.01. The van der Waals surface area contributed by atoms with Crippen LogP contribution in [0.5, 0.6) is 0 Å². The molecule has 1 aromatic rings. The molecule has 0 radical (unpaired) electrons. The average molecular weight is 175 g/mol. The van der Waals surface area contributed by atoms with Gasteiger partial charge < -0.3 is 5.11 Å². The molecule has 2 nitrogen and oxygen atoms in total. The van der Waals surface area contributed by atoms with Crippen molar-refractivity contribution in [2.24, 2.45) is 0 Å². The van der Waals surface area contributed by atoms with Crippen LogP contribution in [0.1, 0.15) is 24.5 Å². The van der Waals surface area contributed by atoms with Crippen molar-refractivity contribution in [3.63, 3.8) is 0 Å².